The molecular weight excluding hydrogens is 202 g/mol. The number of sulfone groups is 1. The number of hydrogen-bond donors (Lipinski definition) is 1. The van der Waals surface area contributed by atoms with Gasteiger partial charge in [0, 0.05) is 6.20 Å². The second-order valence-electron chi connectivity index (χ2n) is 2.73. The van der Waals surface area contributed by atoms with E-state index in [9.17, 15) is 8.42 Å². The lowest BCUT2D eigenvalue weighted by Gasteiger charge is -2.07. The van der Waals surface area contributed by atoms with Crippen LogP contribution in [0, 0.1) is 11.3 Å². The minimum Gasteiger partial charge on any atom is -0.396 e. The first-order chi connectivity index (χ1) is 6.50. The van der Waals surface area contributed by atoms with Gasteiger partial charge < -0.3 is 5.73 Å². The molecule has 0 radical (unpaired) electrons. The highest BCUT2D eigenvalue weighted by Crippen LogP contribution is 2.20. The van der Waals surface area contributed by atoms with E-state index < -0.39 is 15.1 Å². The van der Waals surface area contributed by atoms with E-state index in [0.29, 0.717) is 0 Å². The van der Waals surface area contributed by atoms with Crippen molar-refractivity contribution in [2.45, 2.75) is 17.1 Å². The van der Waals surface area contributed by atoms with Gasteiger partial charge in [-0.05, 0) is 13.0 Å². The molecule has 74 valence electrons. The molecule has 1 rings (SSSR count). The average Bonchev–Trinajstić information content (AvgIpc) is 2.17. The molecule has 0 bridgehead atoms. The minimum absolute atomic E-state index is 0.0402. The summed E-state index contributed by atoms with van der Waals surface area (Å²) in [7, 11) is -3.65. The molecule has 0 saturated carbocycles. The molecule has 6 heteroatoms. The van der Waals surface area contributed by atoms with Gasteiger partial charge in [0.15, 0.2) is 9.84 Å². The fourth-order valence-electron chi connectivity index (χ4n) is 0.913. The highest BCUT2D eigenvalue weighted by atomic mass is 32.2. The van der Waals surface area contributed by atoms with Gasteiger partial charge in [0.2, 0.25) is 0 Å². The molecule has 14 heavy (non-hydrogen) atoms. The van der Waals surface area contributed by atoms with Gasteiger partial charge in [-0.3, -0.25) is 4.98 Å². The molecule has 1 atom stereocenters. The number of nitriles is 1. The first-order valence-electron chi connectivity index (χ1n) is 3.83. The van der Waals surface area contributed by atoms with Crippen molar-refractivity contribution >= 4 is 15.5 Å². The van der Waals surface area contributed by atoms with Crippen molar-refractivity contribution in [3.8, 4) is 6.07 Å². The van der Waals surface area contributed by atoms with Crippen LogP contribution in [0.2, 0.25) is 0 Å². The van der Waals surface area contributed by atoms with E-state index in [-0.39, 0.29) is 10.6 Å². The third-order valence-electron chi connectivity index (χ3n) is 1.76. The molecule has 5 nitrogen and oxygen atoms in total. The van der Waals surface area contributed by atoms with Gasteiger partial charge in [-0.15, -0.1) is 0 Å². The minimum atomic E-state index is -3.65. The number of aromatic nitrogens is 1. The first kappa shape index (κ1) is 10.5. The van der Waals surface area contributed by atoms with Crippen LogP contribution in [0.25, 0.3) is 0 Å². The lowest BCUT2D eigenvalue weighted by Crippen LogP contribution is -2.17. The van der Waals surface area contributed by atoms with E-state index in [0.717, 1.165) is 0 Å². The fourth-order valence-corrected chi connectivity index (χ4v) is 2.06. The number of nitrogens with zero attached hydrogens (tertiary/aromatic N) is 2. The predicted molar refractivity (Wildman–Crippen MR) is 50.9 cm³/mol. The third kappa shape index (κ3) is 1.67. The maximum Gasteiger partial charge on any atom is 0.196 e. The topological polar surface area (TPSA) is 96.8 Å². The molecule has 0 aromatic carbocycles. The van der Waals surface area contributed by atoms with Crippen LogP contribution in [0.4, 0.5) is 5.69 Å². The van der Waals surface area contributed by atoms with E-state index >= 15 is 0 Å². The van der Waals surface area contributed by atoms with Crippen molar-refractivity contribution in [2.75, 3.05) is 5.73 Å². The maximum absolute atomic E-state index is 11.7. The van der Waals surface area contributed by atoms with Gasteiger partial charge in [0.25, 0.3) is 0 Å². The summed E-state index contributed by atoms with van der Waals surface area (Å²) < 4.78 is 23.3. The Morgan fingerprint density at radius 1 is 1.64 bits per heavy atom. The van der Waals surface area contributed by atoms with Crippen LogP contribution in [0.3, 0.4) is 0 Å². The molecule has 0 fully saturated rings. The highest BCUT2D eigenvalue weighted by molar-refractivity contribution is 7.92. The molecule has 1 aromatic heterocycles. The van der Waals surface area contributed by atoms with Gasteiger partial charge >= 0.3 is 0 Å². The Bertz CT molecular complexity index is 476. The van der Waals surface area contributed by atoms with Crippen LogP contribution in [0.1, 0.15) is 6.92 Å². The zero-order valence-electron chi connectivity index (χ0n) is 7.51. The van der Waals surface area contributed by atoms with E-state index in [1.807, 2.05) is 0 Å². The smallest absolute Gasteiger partial charge is 0.196 e. The zero-order valence-corrected chi connectivity index (χ0v) is 8.32. The van der Waals surface area contributed by atoms with E-state index in [4.69, 9.17) is 11.0 Å². The van der Waals surface area contributed by atoms with Crippen molar-refractivity contribution in [1.29, 1.82) is 5.26 Å². The summed E-state index contributed by atoms with van der Waals surface area (Å²) in [4.78, 5) is 3.63. The van der Waals surface area contributed by atoms with Gasteiger partial charge in [0.1, 0.15) is 5.25 Å². The average molecular weight is 211 g/mol. The van der Waals surface area contributed by atoms with Gasteiger partial charge in [-0.1, -0.05) is 0 Å². The van der Waals surface area contributed by atoms with Crippen LogP contribution >= 0.6 is 0 Å². The second kappa shape index (κ2) is 3.64. The normalized spacial score (nSPS) is 13.1. The van der Waals surface area contributed by atoms with Crippen LogP contribution in [-0.4, -0.2) is 18.7 Å². The second-order valence-corrected chi connectivity index (χ2v) is 4.97. The van der Waals surface area contributed by atoms with Gasteiger partial charge in [0.05, 0.1) is 22.8 Å². The van der Waals surface area contributed by atoms with Crippen molar-refractivity contribution in [3.05, 3.63) is 18.5 Å². The molecule has 2 N–H and O–H groups in total. The molecule has 1 unspecified atom stereocenters. The molecule has 1 aromatic rings. The third-order valence-corrected chi connectivity index (χ3v) is 3.79. The van der Waals surface area contributed by atoms with Crippen LogP contribution in [-0.2, 0) is 9.84 Å². The summed E-state index contributed by atoms with van der Waals surface area (Å²) in [5, 5.41) is 7.43. The Kier molecular flexibility index (Phi) is 2.72. The summed E-state index contributed by atoms with van der Waals surface area (Å²) in [6.45, 7) is 1.31. The Balaban J connectivity index is 3.33. The molecule has 0 amide bonds. The predicted octanol–water partition coefficient (Wildman–Crippen LogP) is 0.350. The number of pyridine rings is 1. The zero-order chi connectivity index (χ0) is 10.8. The monoisotopic (exact) mass is 211 g/mol. The number of rotatable bonds is 2. The summed E-state index contributed by atoms with van der Waals surface area (Å²) in [5.74, 6) is 0. The summed E-state index contributed by atoms with van der Waals surface area (Å²) in [6, 6.07) is 2.96. The lowest BCUT2D eigenvalue weighted by atomic mass is 10.4. The van der Waals surface area contributed by atoms with Crippen molar-refractivity contribution < 1.29 is 8.42 Å². The van der Waals surface area contributed by atoms with Crippen LogP contribution in [0.15, 0.2) is 23.4 Å². The molecule has 0 aliphatic carbocycles. The Labute approximate surface area is 82.1 Å². The first-order valence-corrected chi connectivity index (χ1v) is 5.37. The largest absolute Gasteiger partial charge is 0.396 e. The van der Waals surface area contributed by atoms with Crippen LogP contribution < -0.4 is 5.73 Å². The fraction of sp³-hybridized carbons (Fsp3) is 0.250. The number of hydrogen-bond acceptors (Lipinski definition) is 5. The van der Waals surface area contributed by atoms with E-state index in [2.05, 4.69) is 4.98 Å². The van der Waals surface area contributed by atoms with Crippen molar-refractivity contribution in [3.63, 3.8) is 0 Å². The molecule has 0 aliphatic rings. The number of anilines is 1. The maximum atomic E-state index is 11.7. The van der Waals surface area contributed by atoms with Crippen LogP contribution in [0.5, 0.6) is 0 Å². The summed E-state index contributed by atoms with van der Waals surface area (Å²) in [5.41, 5.74) is 5.51. The van der Waals surface area contributed by atoms with Crippen molar-refractivity contribution in [2.24, 2.45) is 0 Å². The standard InChI is InChI=1S/C8H9N3O2S/c1-6(4-9)14(12,13)8-2-3-11-5-7(8)10/h2-3,5-6H,10H2,1H3. The van der Waals surface area contributed by atoms with Gasteiger partial charge in [-0.2, -0.15) is 5.26 Å². The number of nitrogen functional groups attached to an aromatic ring is 1. The Hall–Kier alpha value is -1.61. The molecule has 0 aliphatic heterocycles. The SMILES string of the molecule is CC(C#N)S(=O)(=O)c1ccncc1N. The molecule has 1 heterocycles. The Morgan fingerprint density at radius 2 is 2.29 bits per heavy atom. The summed E-state index contributed by atoms with van der Waals surface area (Å²) in [6.07, 6.45) is 2.57. The lowest BCUT2D eigenvalue weighted by molar-refractivity contribution is 0.592. The highest BCUT2D eigenvalue weighted by Gasteiger charge is 2.24. The summed E-state index contributed by atoms with van der Waals surface area (Å²) >= 11 is 0. The van der Waals surface area contributed by atoms with Crippen molar-refractivity contribution in [1.82, 2.24) is 4.98 Å². The van der Waals surface area contributed by atoms with E-state index in [1.54, 1.807) is 6.07 Å². The number of nitrogens with two attached hydrogens (primary N) is 1. The molecule has 0 saturated heterocycles. The molecule has 0 spiro atoms. The van der Waals surface area contributed by atoms with Gasteiger partial charge in [-0.25, -0.2) is 8.42 Å². The Morgan fingerprint density at radius 3 is 2.79 bits per heavy atom. The quantitative estimate of drug-likeness (QED) is 0.761. The molecular formula is C8H9N3O2S. The van der Waals surface area contributed by atoms with E-state index in [1.165, 1.54) is 25.4 Å².